The summed E-state index contributed by atoms with van der Waals surface area (Å²) in [5, 5.41) is 8.65. The molecule has 39 heavy (non-hydrogen) atoms. The van der Waals surface area contributed by atoms with Gasteiger partial charge in [-0.3, -0.25) is 29.3 Å². The molecule has 1 saturated heterocycles. The minimum atomic E-state index is -0.712. The van der Waals surface area contributed by atoms with Crippen LogP contribution in [0.4, 0.5) is 5.69 Å². The van der Waals surface area contributed by atoms with Gasteiger partial charge in [0.05, 0.1) is 0 Å². The Labute approximate surface area is 231 Å². The van der Waals surface area contributed by atoms with Gasteiger partial charge in [-0.05, 0) is 80.3 Å². The van der Waals surface area contributed by atoms with Crippen LogP contribution in [0.25, 0.3) is 0 Å². The van der Waals surface area contributed by atoms with Crippen molar-refractivity contribution in [3.05, 3.63) is 63.7 Å². The smallest absolute Gasteiger partial charge is 0.255 e. The van der Waals surface area contributed by atoms with E-state index in [0.717, 1.165) is 29.5 Å². The summed E-state index contributed by atoms with van der Waals surface area (Å²) in [6.07, 6.45) is 3.79. The number of fused-ring (bicyclic) bond motifs is 1. The number of hydrogen-bond acceptors (Lipinski definition) is 5. The van der Waals surface area contributed by atoms with Gasteiger partial charge >= 0.3 is 0 Å². The van der Waals surface area contributed by atoms with Gasteiger partial charge in [0.15, 0.2) is 0 Å². The maximum absolute atomic E-state index is 13.1. The number of piperidine rings is 1. The van der Waals surface area contributed by atoms with E-state index < -0.39 is 18.0 Å². The van der Waals surface area contributed by atoms with Crippen LogP contribution >= 0.6 is 11.6 Å². The zero-order valence-electron chi connectivity index (χ0n) is 21.7. The van der Waals surface area contributed by atoms with Crippen LogP contribution in [-0.2, 0) is 32.1 Å². The normalized spacial score (nSPS) is 19.4. The van der Waals surface area contributed by atoms with Crippen molar-refractivity contribution in [1.82, 2.24) is 15.5 Å². The van der Waals surface area contributed by atoms with Crippen molar-refractivity contribution in [2.45, 2.75) is 70.5 Å². The Kier molecular flexibility index (Phi) is 7.70. The summed E-state index contributed by atoms with van der Waals surface area (Å²) in [6, 6.07) is 9.43. The molecule has 0 aromatic heterocycles. The van der Waals surface area contributed by atoms with E-state index in [-0.39, 0.29) is 36.0 Å². The molecule has 0 radical (unpaired) electrons. The molecule has 1 unspecified atom stereocenters. The van der Waals surface area contributed by atoms with E-state index in [9.17, 15) is 24.0 Å². The van der Waals surface area contributed by atoms with Crippen LogP contribution in [0.2, 0.25) is 5.02 Å². The van der Waals surface area contributed by atoms with Crippen LogP contribution in [0.15, 0.2) is 36.4 Å². The van der Waals surface area contributed by atoms with Gasteiger partial charge in [0.2, 0.25) is 23.6 Å². The summed E-state index contributed by atoms with van der Waals surface area (Å²) in [5.41, 5.74) is 3.86. The number of halogens is 1. The van der Waals surface area contributed by atoms with Crippen LogP contribution in [0.5, 0.6) is 0 Å². The van der Waals surface area contributed by atoms with Gasteiger partial charge in [0, 0.05) is 35.2 Å². The van der Waals surface area contributed by atoms with Gasteiger partial charge in [0.1, 0.15) is 12.1 Å². The Morgan fingerprint density at radius 3 is 2.64 bits per heavy atom. The van der Waals surface area contributed by atoms with Crippen LogP contribution < -0.4 is 16.0 Å². The fraction of sp³-hybridized carbons (Fsp3) is 0.414. The average Bonchev–Trinajstić information content (AvgIpc) is 3.70. The number of carbonyl (C=O) groups is 5. The Morgan fingerprint density at radius 2 is 1.92 bits per heavy atom. The van der Waals surface area contributed by atoms with Crippen molar-refractivity contribution in [2.24, 2.45) is 5.92 Å². The molecule has 3 N–H and O–H groups in total. The van der Waals surface area contributed by atoms with Crippen LogP contribution in [-0.4, -0.2) is 46.5 Å². The Balaban J connectivity index is 1.25. The van der Waals surface area contributed by atoms with E-state index in [1.54, 1.807) is 18.2 Å². The van der Waals surface area contributed by atoms with Gasteiger partial charge in [-0.1, -0.05) is 29.8 Å². The predicted molar refractivity (Wildman–Crippen MR) is 145 cm³/mol. The van der Waals surface area contributed by atoms with Gasteiger partial charge in [-0.25, -0.2) is 0 Å². The Morgan fingerprint density at radius 1 is 1.13 bits per heavy atom. The molecule has 10 heteroatoms. The molecule has 2 heterocycles. The zero-order valence-corrected chi connectivity index (χ0v) is 22.5. The van der Waals surface area contributed by atoms with Crippen LogP contribution in [0, 0.1) is 12.8 Å². The minimum absolute atomic E-state index is 0.0317. The first-order chi connectivity index (χ1) is 18.7. The first-order valence-corrected chi connectivity index (χ1v) is 13.7. The van der Waals surface area contributed by atoms with Gasteiger partial charge in [-0.15, -0.1) is 0 Å². The number of nitrogens with zero attached hydrogens (tertiary/aromatic N) is 1. The van der Waals surface area contributed by atoms with E-state index in [0.29, 0.717) is 48.5 Å². The molecular weight excluding hydrogens is 520 g/mol. The molecule has 0 spiro atoms. The zero-order chi connectivity index (χ0) is 27.7. The summed E-state index contributed by atoms with van der Waals surface area (Å²) in [4.78, 5) is 64.2. The number of imide groups is 1. The number of anilines is 1. The number of rotatable bonds is 9. The summed E-state index contributed by atoms with van der Waals surface area (Å²) in [7, 11) is 0. The van der Waals surface area contributed by atoms with Crippen molar-refractivity contribution in [1.29, 1.82) is 0 Å². The fourth-order valence-electron chi connectivity index (χ4n) is 5.18. The Hall–Kier alpha value is -3.72. The van der Waals surface area contributed by atoms with E-state index in [4.69, 9.17) is 11.6 Å². The monoisotopic (exact) mass is 550 g/mol. The second-order valence-electron chi connectivity index (χ2n) is 10.5. The molecule has 5 rings (SSSR count). The molecule has 3 aliphatic rings. The largest absolute Gasteiger partial charge is 0.344 e. The molecule has 204 valence electrons. The van der Waals surface area contributed by atoms with Crippen LogP contribution in [0.3, 0.4) is 0 Å². The minimum Gasteiger partial charge on any atom is -0.344 e. The molecule has 2 atom stereocenters. The molecule has 2 aromatic carbocycles. The standard InChI is InChI=1S/C29H31ClN4O5/c1-16-8-11-19(14-22(16)30)31-27(37)23(32-26(36)18-9-10-18)7-3-5-17-4-2-6-20-21(17)15-34(29(20)39)24-12-13-25(35)33-28(24)38/h2,4,6,8,11,14,18,23-24H,3,5,7,9-10,12-13,15H2,1H3,(H,31,37)(H,32,36)(H,33,35,38)/t23-,24?/m0/s1. The molecule has 1 aliphatic carbocycles. The molecule has 0 bridgehead atoms. The molecule has 1 saturated carbocycles. The van der Waals surface area contributed by atoms with E-state index >= 15 is 0 Å². The fourth-order valence-corrected chi connectivity index (χ4v) is 5.37. The summed E-state index contributed by atoms with van der Waals surface area (Å²) in [6.45, 7) is 2.18. The van der Waals surface area contributed by atoms with Crippen molar-refractivity contribution in [3.63, 3.8) is 0 Å². The second-order valence-corrected chi connectivity index (χ2v) is 10.9. The SMILES string of the molecule is Cc1ccc(NC(=O)[C@H](CCCc2cccc3c2CN(C2CCC(=O)NC2=O)C3=O)NC(=O)C2CC2)cc1Cl. The lowest BCUT2D eigenvalue weighted by molar-refractivity contribution is -0.137. The number of benzene rings is 2. The number of amides is 5. The molecule has 9 nitrogen and oxygen atoms in total. The number of nitrogens with one attached hydrogen (secondary N) is 3. The third-order valence-corrected chi connectivity index (χ3v) is 8.05. The topological polar surface area (TPSA) is 125 Å². The highest BCUT2D eigenvalue weighted by Gasteiger charge is 2.39. The third-order valence-electron chi connectivity index (χ3n) is 7.64. The lowest BCUT2D eigenvalue weighted by Gasteiger charge is -2.29. The first kappa shape index (κ1) is 26.9. The number of hydrogen-bond donors (Lipinski definition) is 3. The van der Waals surface area contributed by atoms with Crippen molar-refractivity contribution in [3.8, 4) is 0 Å². The number of aryl methyl sites for hydroxylation is 2. The summed E-state index contributed by atoms with van der Waals surface area (Å²) < 4.78 is 0. The highest BCUT2D eigenvalue weighted by Crippen LogP contribution is 2.31. The Bertz CT molecular complexity index is 1360. The van der Waals surface area contributed by atoms with Crippen molar-refractivity contribution in [2.75, 3.05) is 5.32 Å². The van der Waals surface area contributed by atoms with Crippen molar-refractivity contribution >= 4 is 46.8 Å². The van der Waals surface area contributed by atoms with E-state index in [2.05, 4.69) is 16.0 Å². The van der Waals surface area contributed by atoms with Gasteiger partial charge in [0.25, 0.3) is 5.91 Å². The summed E-state index contributed by atoms with van der Waals surface area (Å²) in [5.74, 6) is -1.42. The molecular formula is C29H31ClN4O5. The quantitative estimate of drug-likeness (QED) is 0.413. The second kappa shape index (κ2) is 11.2. The maximum atomic E-state index is 13.1. The molecule has 2 aliphatic heterocycles. The summed E-state index contributed by atoms with van der Waals surface area (Å²) >= 11 is 6.21. The third kappa shape index (κ3) is 5.98. The maximum Gasteiger partial charge on any atom is 0.255 e. The van der Waals surface area contributed by atoms with Gasteiger partial charge in [-0.2, -0.15) is 0 Å². The highest BCUT2D eigenvalue weighted by molar-refractivity contribution is 6.31. The lowest BCUT2D eigenvalue weighted by Crippen LogP contribution is -2.52. The predicted octanol–water partition coefficient (Wildman–Crippen LogP) is 3.27. The van der Waals surface area contributed by atoms with Gasteiger partial charge < -0.3 is 15.5 Å². The molecule has 5 amide bonds. The average molecular weight is 551 g/mol. The number of carbonyl (C=O) groups excluding carboxylic acids is 5. The van der Waals surface area contributed by atoms with E-state index in [1.165, 1.54) is 4.90 Å². The van der Waals surface area contributed by atoms with Crippen LogP contribution in [0.1, 0.15) is 65.6 Å². The molecule has 2 aromatic rings. The first-order valence-electron chi connectivity index (χ1n) is 13.3. The molecule has 2 fully saturated rings. The highest BCUT2D eigenvalue weighted by atomic mass is 35.5. The van der Waals surface area contributed by atoms with Crippen molar-refractivity contribution < 1.29 is 24.0 Å². The van der Waals surface area contributed by atoms with E-state index in [1.807, 2.05) is 25.1 Å². The lowest BCUT2D eigenvalue weighted by atomic mass is 9.97.